The first-order chi connectivity index (χ1) is 10.1. The Morgan fingerprint density at radius 3 is 2.57 bits per heavy atom. The molecule has 1 N–H and O–H groups in total. The van der Waals surface area contributed by atoms with Crippen LogP contribution in [0, 0.1) is 6.92 Å². The molecular formula is C17H19Br2NO. The third-order valence-electron chi connectivity index (χ3n) is 3.44. The Hall–Kier alpha value is -0.840. The van der Waals surface area contributed by atoms with Crippen molar-refractivity contribution >= 4 is 31.9 Å². The molecule has 0 aliphatic rings. The van der Waals surface area contributed by atoms with Gasteiger partial charge in [-0.05, 0) is 42.8 Å². The Morgan fingerprint density at radius 1 is 1.14 bits per heavy atom. The van der Waals surface area contributed by atoms with Crippen molar-refractivity contribution in [3.8, 4) is 5.75 Å². The van der Waals surface area contributed by atoms with Crippen LogP contribution in [0.3, 0.4) is 0 Å². The van der Waals surface area contributed by atoms with Crippen molar-refractivity contribution in [3.05, 3.63) is 62.0 Å². The lowest BCUT2D eigenvalue weighted by Crippen LogP contribution is -2.23. The summed E-state index contributed by atoms with van der Waals surface area (Å²) >= 11 is 7.28. The molecule has 0 aliphatic carbocycles. The molecule has 0 bridgehead atoms. The SMILES string of the molecule is CCNC(c1cc(Br)ccc1OC)c1cccc(C)c1Br. The third-order valence-corrected chi connectivity index (χ3v) is 5.02. The molecule has 112 valence electrons. The van der Waals surface area contributed by atoms with Crippen molar-refractivity contribution in [2.45, 2.75) is 19.9 Å². The standard InChI is InChI=1S/C17H19Br2NO/c1-4-20-17(13-7-5-6-11(2)16(13)19)14-10-12(18)8-9-15(14)21-3/h5-10,17,20H,4H2,1-3H3. The summed E-state index contributed by atoms with van der Waals surface area (Å²) < 4.78 is 7.73. The quantitative estimate of drug-likeness (QED) is 0.725. The molecule has 0 aliphatic heterocycles. The normalized spacial score (nSPS) is 12.2. The minimum Gasteiger partial charge on any atom is -0.496 e. The minimum absolute atomic E-state index is 0.0803. The van der Waals surface area contributed by atoms with Gasteiger partial charge < -0.3 is 10.1 Å². The highest BCUT2D eigenvalue weighted by molar-refractivity contribution is 9.10. The Morgan fingerprint density at radius 2 is 1.90 bits per heavy atom. The number of hydrogen-bond donors (Lipinski definition) is 1. The second-order valence-corrected chi connectivity index (χ2v) is 6.56. The summed E-state index contributed by atoms with van der Waals surface area (Å²) in [6.07, 6.45) is 0. The predicted molar refractivity (Wildman–Crippen MR) is 95.1 cm³/mol. The zero-order valence-corrected chi connectivity index (χ0v) is 15.6. The van der Waals surface area contributed by atoms with Gasteiger partial charge in [0.05, 0.1) is 13.2 Å². The van der Waals surface area contributed by atoms with Crippen LogP contribution in [0.25, 0.3) is 0 Å². The number of halogens is 2. The lowest BCUT2D eigenvalue weighted by atomic mass is 9.96. The van der Waals surface area contributed by atoms with Crippen molar-refractivity contribution in [3.63, 3.8) is 0 Å². The van der Waals surface area contributed by atoms with E-state index in [9.17, 15) is 0 Å². The molecule has 0 aromatic heterocycles. The smallest absolute Gasteiger partial charge is 0.124 e. The Bertz CT molecular complexity index is 628. The van der Waals surface area contributed by atoms with E-state index in [0.29, 0.717) is 0 Å². The van der Waals surface area contributed by atoms with E-state index in [2.05, 4.69) is 75.3 Å². The Balaban J connectivity index is 2.58. The highest BCUT2D eigenvalue weighted by atomic mass is 79.9. The maximum absolute atomic E-state index is 5.54. The molecule has 2 aromatic rings. The molecule has 2 aromatic carbocycles. The molecule has 0 heterocycles. The van der Waals surface area contributed by atoms with Gasteiger partial charge in [-0.2, -0.15) is 0 Å². The van der Waals surface area contributed by atoms with Gasteiger partial charge >= 0.3 is 0 Å². The molecule has 4 heteroatoms. The summed E-state index contributed by atoms with van der Waals surface area (Å²) in [6, 6.07) is 12.5. The molecule has 21 heavy (non-hydrogen) atoms. The van der Waals surface area contributed by atoms with Gasteiger partial charge in [0, 0.05) is 14.5 Å². The minimum atomic E-state index is 0.0803. The van der Waals surface area contributed by atoms with E-state index in [4.69, 9.17) is 4.74 Å². The highest BCUT2D eigenvalue weighted by Gasteiger charge is 2.20. The predicted octanol–water partition coefficient (Wildman–Crippen LogP) is 5.23. The number of methoxy groups -OCH3 is 1. The van der Waals surface area contributed by atoms with E-state index < -0.39 is 0 Å². The second-order valence-electron chi connectivity index (χ2n) is 4.86. The number of aryl methyl sites for hydroxylation is 1. The Kier molecular flexibility index (Phi) is 5.85. The highest BCUT2D eigenvalue weighted by Crippen LogP contribution is 2.36. The summed E-state index contributed by atoms with van der Waals surface area (Å²) in [5.74, 6) is 0.887. The first-order valence-electron chi connectivity index (χ1n) is 6.90. The van der Waals surface area contributed by atoms with Crippen molar-refractivity contribution in [2.24, 2.45) is 0 Å². The van der Waals surface area contributed by atoms with Gasteiger partial charge in [0.15, 0.2) is 0 Å². The topological polar surface area (TPSA) is 21.3 Å². The van der Waals surface area contributed by atoms with E-state index in [1.54, 1.807) is 7.11 Å². The van der Waals surface area contributed by atoms with E-state index in [1.165, 1.54) is 11.1 Å². The summed E-state index contributed by atoms with van der Waals surface area (Å²) in [4.78, 5) is 0. The van der Waals surface area contributed by atoms with Crippen LogP contribution in [0.15, 0.2) is 45.3 Å². The van der Waals surface area contributed by atoms with E-state index >= 15 is 0 Å². The number of benzene rings is 2. The van der Waals surface area contributed by atoms with Crippen LogP contribution in [0.4, 0.5) is 0 Å². The lowest BCUT2D eigenvalue weighted by Gasteiger charge is -2.23. The van der Waals surface area contributed by atoms with Crippen molar-refractivity contribution in [2.75, 3.05) is 13.7 Å². The number of rotatable bonds is 5. The van der Waals surface area contributed by atoms with Crippen LogP contribution in [-0.2, 0) is 0 Å². The van der Waals surface area contributed by atoms with E-state index in [-0.39, 0.29) is 6.04 Å². The van der Waals surface area contributed by atoms with Gasteiger partial charge in [0.25, 0.3) is 0 Å². The molecule has 2 nitrogen and oxygen atoms in total. The zero-order valence-electron chi connectivity index (χ0n) is 12.4. The van der Waals surface area contributed by atoms with Crippen LogP contribution < -0.4 is 10.1 Å². The fourth-order valence-corrected chi connectivity index (χ4v) is 3.29. The van der Waals surface area contributed by atoms with Crippen LogP contribution in [-0.4, -0.2) is 13.7 Å². The van der Waals surface area contributed by atoms with Crippen LogP contribution >= 0.6 is 31.9 Å². The molecule has 1 unspecified atom stereocenters. The molecule has 2 rings (SSSR count). The van der Waals surface area contributed by atoms with Gasteiger partial charge in [-0.3, -0.25) is 0 Å². The lowest BCUT2D eigenvalue weighted by molar-refractivity contribution is 0.404. The monoisotopic (exact) mass is 411 g/mol. The van der Waals surface area contributed by atoms with Crippen LogP contribution in [0.2, 0.25) is 0 Å². The van der Waals surface area contributed by atoms with Crippen molar-refractivity contribution in [1.29, 1.82) is 0 Å². The number of hydrogen-bond acceptors (Lipinski definition) is 2. The second kappa shape index (κ2) is 7.43. The number of nitrogens with one attached hydrogen (secondary N) is 1. The fourth-order valence-electron chi connectivity index (χ4n) is 2.42. The summed E-state index contributed by atoms with van der Waals surface area (Å²) in [7, 11) is 1.71. The zero-order chi connectivity index (χ0) is 15.4. The van der Waals surface area contributed by atoms with Crippen LogP contribution in [0.1, 0.15) is 29.7 Å². The molecular weight excluding hydrogens is 394 g/mol. The first-order valence-corrected chi connectivity index (χ1v) is 8.49. The van der Waals surface area contributed by atoms with Crippen molar-refractivity contribution < 1.29 is 4.74 Å². The average molecular weight is 413 g/mol. The molecule has 0 saturated carbocycles. The van der Waals surface area contributed by atoms with Crippen LogP contribution in [0.5, 0.6) is 5.75 Å². The summed E-state index contributed by atoms with van der Waals surface area (Å²) in [6.45, 7) is 5.09. The Labute approximate surface area is 143 Å². The van der Waals surface area contributed by atoms with E-state index in [0.717, 1.165) is 26.8 Å². The van der Waals surface area contributed by atoms with Gasteiger partial charge in [-0.25, -0.2) is 0 Å². The van der Waals surface area contributed by atoms with Gasteiger partial charge in [-0.1, -0.05) is 57.0 Å². The molecule has 0 fully saturated rings. The average Bonchev–Trinajstić information content (AvgIpc) is 2.48. The van der Waals surface area contributed by atoms with Gasteiger partial charge in [0.2, 0.25) is 0 Å². The molecule has 1 atom stereocenters. The summed E-state index contributed by atoms with van der Waals surface area (Å²) in [5, 5.41) is 3.55. The molecule has 0 saturated heterocycles. The molecule has 0 radical (unpaired) electrons. The maximum atomic E-state index is 5.54. The fraction of sp³-hybridized carbons (Fsp3) is 0.294. The molecule has 0 amide bonds. The molecule has 0 spiro atoms. The van der Waals surface area contributed by atoms with Gasteiger partial charge in [0.1, 0.15) is 5.75 Å². The number of ether oxygens (including phenoxy) is 1. The largest absolute Gasteiger partial charge is 0.496 e. The first kappa shape index (κ1) is 16.5. The summed E-state index contributed by atoms with van der Waals surface area (Å²) in [5.41, 5.74) is 3.57. The third kappa shape index (κ3) is 3.68. The van der Waals surface area contributed by atoms with Gasteiger partial charge in [-0.15, -0.1) is 0 Å². The maximum Gasteiger partial charge on any atom is 0.124 e. The van der Waals surface area contributed by atoms with Crippen molar-refractivity contribution in [1.82, 2.24) is 5.32 Å². The van der Waals surface area contributed by atoms with E-state index in [1.807, 2.05) is 12.1 Å².